The Morgan fingerprint density at radius 1 is 1.09 bits per heavy atom. The van der Waals surface area contributed by atoms with E-state index in [0.717, 1.165) is 0 Å². The van der Waals surface area contributed by atoms with Gasteiger partial charge in [0.2, 0.25) is 16.0 Å². The van der Waals surface area contributed by atoms with E-state index in [1.807, 2.05) is 14.1 Å². The zero-order valence-electron chi connectivity index (χ0n) is 18.8. The highest BCUT2D eigenvalue weighted by Gasteiger charge is 2.22. The molecule has 0 radical (unpaired) electrons. The zero-order chi connectivity index (χ0) is 24.5. The number of pyridine rings is 1. The second kappa shape index (κ2) is 9.18. The number of nitrogens with one attached hydrogen (secondary N) is 2. The van der Waals surface area contributed by atoms with Crippen LogP contribution >= 0.6 is 0 Å². The highest BCUT2D eigenvalue weighted by molar-refractivity contribution is 7.92. The molecule has 3 aromatic heterocycles. The number of sulfonamides is 1. The molecule has 11 heteroatoms. The van der Waals surface area contributed by atoms with Gasteiger partial charge in [-0.25, -0.2) is 27.8 Å². The van der Waals surface area contributed by atoms with E-state index in [1.165, 1.54) is 24.4 Å². The van der Waals surface area contributed by atoms with Crippen molar-refractivity contribution in [1.29, 1.82) is 0 Å². The average molecular weight is 483 g/mol. The molecule has 2 N–H and O–H groups in total. The minimum Gasteiger partial charge on any atom is -0.347 e. The first kappa shape index (κ1) is 23.3. The lowest BCUT2D eigenvalue weighted by atomic mass is 10.0. The van der Waals surface area contributed by atoms with E-state index < -0.39 is 21.6 Å². The van der Waals surface area contributed by atoms with Crippen LogP contribution in [0.1, 0.15) is 29.3 Å². The van der Waals surface area contributed by atoms with Gasteiger partial charge < -0.3 is 9.88 Å². The standard InChI is InChI=1S/C23H23FN6O3S/c1-4-8-34(32,33)29-19-7-5-6-16(20(19)24)21(31)18-13-26-22-17(18)9-14(10-25-22)15-11-27-23(28-12-15)30(2)3/h5-7,9-13,29H,4,8H2,1-3H3,(H,25,26). The van der Waals surface area contributed by atoms with Crippen molar-refractivity contribution in [3.63, 3.8) is 0 Å². The van der Waals surface area contributed by atoms with Gasteiger partial charge in [-0.3, -0.25) is 9.52 Å². The molecule has 0 fully saturated rings. The first-order valence-electron chi connectivity index (χ1n) is 10.5. The molecule has 1 aromatic carbocycles. The largest absolute Gasteiger partial charge is 0.347 e. The van der Waals surface area contributed by atoms with E-state index in [-0.39, 0.29) is 22.6 Å². The monoisotopic (exact) mass is 482 g/mol. The Balaban J connectivity index is 1.71. The van der Waals surface area contributed by atoms with Crippen molar-refractivity contribution < 1.29 is 17.6 Å². The maximum Gasteiger partial charge on any atom is 0.232 e. The molecule has 0 unspecified atom stereocenters. The van der Waals surface area contributed by atoms with E-state index in [1.54, 1.807) is 36.5 Å². The number of rotatable bonds is 8. The van der Waals surface area contributed by atoms with Gasteiger partial charge in [0.25, 0.3) is 0 Å². The Morgan fingerprint density at radius 2 is 1.79 bits per heavy atom. The van der Waals surface area contributed by atoms with Crippen LogP contribution in [0.4, 0.5) is 16.0 Å². The van der Waals surface area contributed by atoms with Crippen molar-refractivity contribution in [2.45, 2.75) is 13.3 Å². The lowest BCUT2D eigenvalue weighted by Gasteiger charge is -2.11. The van der Waals surface area contributed by atoms with Gasteiger partial charge in [-0.15, -0.1) is 0 Å². The molecule has 0 aliphatic carbocycles. The maximum absolute atomic E-state index is 15.1. The second-order valence-corrected chi connectivity index (χ2v) is 9.75. The molecule has 4 aromatic rings. The van der Waals surface area contributed by atoms with Crippen LogP contribution in [0, 0.1) is 5.82 Å². The number of nitrogens with zero attached hydrogens (tertiary/aromatic N) is 4. The third-order valence-corrected chi connectivity index (χ3v) is 6.61. The maximum atomic E-state index is 15.1. The van der Waals surface area contributed by atoms with Gasteiger partial charge >= 0.3 is 0 Å². The fourth-order valence-electron chi connectivity index (χ4n) is 3.47. The summed E-state index contributed by atoms with van der Waals surface area (Å²) in [6, 6.07) is 5.79. The molecule has 0 amide bonds. The summed E-state index contributed by atoms with van der Waals surface area (Å²) >= 11 is 0. The van der Waals surface area contributed by atoms with Crippen LogP contribution in [0.15, 0.2) is 49.1 Å². The lowest BCUT2D eigenvalue weighted by molar-refractivity contribution is 0.103. The second-order valence-electron chi connectivity index (χ2n) is 7.91. The molecule has 0 aliphatic heterocycles. The topological polar surface area (TPSA) is 121 Å². The zero-order valence-corrected chi connectivity index (χ0v) is 19.6. The third-order valence-electron chi connectivity index (χ3n) is 5.13. The van der Waals surface area contributed by atoms with Crippen LogP contribution in [-0.4, -0.2) is 54.0 Å². The molecule has 4 rings (SSSR count). The van der Waals surface area contributed by atoms with Crippen LogP contribution in [0.25, 0.3) is 22.2 Å². The number of hydrogen-bond acceptors (Lipinski definition) is 7. The molecule has 0 saturated heterocycles. The smallest absolute Gasteiger partial charge is 0.232 e. The number of aromatic amines is 1. The van der Waals surface area contributed by atoms with E-state index in [9.17, 15) is 13.2 Å². The van der Waals surface area contributed by atoms with Crippen molar-refractivity contribution in [3.8, 4) is 11.1 Å². The molecule has 3 heterocycles. The summed E-state index contributed by atoms with van der Waals surface area (Å²) in [6.07, 6.45) is 6.78. The van der Waals surface area contributed by atoms with Crippen LogP contribution in [0.2, 0.25) is 0 Å². The van der Waals surface area contributed by atoms with Gasteiger partial charge in [-0.1, -0.05) is 13.0 Å². The molecule has 9 nitrogen and oxygen atoms in total. The van der Waals surface area contributed by atoms with E-state index in [4.69, 9.17) is 0 Å². The number of carbonyl (C=O) groups is 1. The Hall–Kier alpha value is -3.86. The molecule has 0 aliphatic rings. The number of hydrogen-bond donors (Lipinski definition) is 2. The predicted molar refractivity (Wildman–Crippen MR) is 129 cm³/mol. The number of carbonyl (C=O) groups excluding carboxylic acids is 1. The summed E-state index contributed by atoms with van der Waals surface area (Å²) in [7, 11) is -0.0423. The first-order valence-corrected chi connectivity index (χ1v) is 12.2. The van der Waals surface area contributed by atoms with Gasteiger partial charge in [0.15, 0.2) is 11.6 Å². The fraction of sp³-hybridized carbons (Fsp3) is 0.217. The van der Waals surface area contributed by atoms with Gasteiger partial charge in [0, 0.05) is 61.0 Å². The van der Waals surface area contributed by atoms with Crippen LogP contribution in [0.5, 0.6) is 0 Å². The summed E-state index contributed by atoms with van der Waals surface area (Å²) in [4.78, 5) is 30.9. The molecule has 0 atom stereocenters. The van der Waals surface area contributed by atoms with Crippen molar-refractivity contribution in [1.82, 2.24) is 19.9 Å². The van der Waals surface area contributed by atoms with Crippen LogP contribution in [0.3, 0.4) is 0 Å². The minimum absolute atomic E-state index is 0.152. The average Bonchev–Trinajstić information content (AvgIpc) is 3.23. The van der Waals surface area contributed by atoms with Crippen LogP contribution in [-0.2, 0) is 10.0 Å². The summed E-state index contributed by atoms with van der Waals surface area (Å²) in [5.74, 6) is -1.13. The molecular weight excluding hydrogens is 459 g/mol. The Morgan fingerprint density at radius 3 is 2.47 bits per heavy atom. The predicted octanol–water partition coefficient (Wildman–Crippen LogP) is 3.61. The molecule has 0 spiro atoms. The molecule has 34 heavy (non-hydrogen) atoms. The molecule has 176 valence electrons. The van der Waals surface area contributed by atoms with Gasteiger partial charge in [0.05, 0.1) is 17.0 Å². The number of anilines is 2. The van der Waals surface area contributed by atoms with E-state index in [0.29, 0.717) is 34.5 Å². The minimum atomic E-state index is -3.72. The van der Waals surface area contributed by atoms with Crippen molar-refractivity contribution >= 4 is 38.5 Å². The van der Waals surface area contributed by atoms with Crippen LogP contribution < -0.4 is 9.62 Å². The number of H-pyrrole nitrogens is 1. The molecular formula is C23H23FN6O3S. The van der Waals surface area contributed by atoms with Gasteiger partial charge in [-0.05, 0) is 24.6 Å². The van der Waals surface area contributed by atoms with Gasteiger partial charge in [0.1, 0.15) is 5.65 Å². The SMILES string of the molecule is CCCS(=O)(=O)Nc1cccc(C(=O)c2c[nH]c3ncc(-c4cnc(N(C)C)nc4)cc23)c1F. The first-order chi connectivity index (χ1) is 16.2. The van der Waals surface area contributed by atoms with Crippen molar-refractivity contribution in [2.75, 3.05) is 29.5 Å². The summed E-state index contributed by atoms with van der Waals surface area (Å²) in [5, 5.41) is 0.496. The molecule has 0 bridgehead atoms. The Labute approximate surface area is 196 Å². The van der Waals surface area contributed by atoms with E-state index in [2.05, 4.69) is 24.7 Å². The number of aromatic nitrogens is 4. The highest BCUT2D eigenvalue weighted by Crippen LogP contribution is 2.28. The summed E-state index contributed by atoms with van der Waals surface area (Å²) < 4.78 is 41.5. The normalized spacial score (nSPS) is 11.5. The Bertz CT molecular complexity index is 1470. The number of halogens is 1. The van der Waals surface area contributed by atoms with Crippen molar-refractivity contribution in [2.24, 2.45) is 0 Å². The number of ketones is 1. The van der Waals surface area contributed by atoms with Gasteiger partial charge in [-0.2, -0.15) is 0 Å². The quantitative estimate of drug-likeness (QED) is 0.368. The van der Waals surface area contributed by atoms with E-state index >= 15 is 4.39 Å². The fourth-order valence-corrected chi connectivity index (χ4v) is 4.60. The third kappa shape index (κ3) is 4.60. The van der Waals surface area contributed by atoms with Crippen molar-refractivity contribution in [3.05, 3.63) is 66.0 Å². The number of benzene rings is 1. The summed E-state index contributed by atoms with van der Waals surface area (Å²) in [5.41, 5.74) is 1.55. The Kier molecular flexibility index (Phi) is 6.29. The molecule has 0 saturated carbocycles. The highest BCUT2D eigenvalue weighted by atomic mass is 32.2. The lowest BCUT2D eigenvalue weighted by Crippen LogP contribution is -2.18. The summed E-state index contributed by atoms with van der Waals surface area (Å²) in [6.45, 7) is 1.71. The number of fused-ring (bicyclic) bond motifs is 1.